The van der Waals surface area contributed by atoms with Crippen LogP contribution in [0, 0.1) is 10.1 Å². The van der Waals surface area contributed by atoms with Crippen LogP contribution in [0.1, 0.15) is 17.3 Å². The van der Waals surface area contributed by atoms with Crippen molar-refractivity contribution >= 4 is 35.0 Å². The van der Waals surface area contributed by atoms with E-state index in [0.29, 0.717) is 17.3 Å². The van der Waals surface area contributed by atoms with E-state index in [9.17, 15) is 14.9 Å². The maximum absolute atomic E-state index is 12.6. The molecule has 1 aromatic carbocycles. The number of hydrogen-bond donors (Lipinski definition) is 1. The lowest BCUT2D eigenvalue weighted by molar-refractivity contribution is -0.386. The van der Waals surface area contributed by atoms with Crippen LogP contribution in [0.25, 0.3) is 6.08 Å². The molecule has 3 aromatic rings. The zero-order valence-corrected chi connectivity index (χ0v) is 16.3. The van der Waals surface area contributed by atoms with Gasteiger partial charge in [-0.15, -0.1) is 0 Å². The number of amides is 1. The number of rotatable bonds is 7. The number of carbonyl (C=O) groups is 1. The van der Waals surface area contributed by atoms with Gasteiger partial charge < -0.3 is 18.9 Å². The molecule has 30 heavy (non-hydrogen) atoms. The Bertz CT molecular complexity index is 1140. The van der Waals surface area contributed by atoms with Crippen molar-refractivity contribution in [2.45, 2.75) is 13.2 Å². The van der Waals surface area contributed by atoms with E-state index in [4.69, 9.17) is 25.8 Å². The van der Waals surface area contributed by atoms with E-state index in [1.54, 1.807) is 36.4 Å². The minimum absolute atomic E-state index is 0.00156. The highest BCUT2D eigenvalue weighted by Crippen LogP contribution is 2.27. The van der Waals surface area contributed by atoms with Crippen LogP contribution in [0.2, 0.25) is 0 Å². The van der Waals surface area contributed by atoms with Gasteiger partial charge in [0.05, 0.1) is 17.7 Å². The summed E-state index contributed by atoms with van der Waals surface area (Å²) in [5, 5.41) is 14.2. The SMILES string of the molecule is O=C1/C(=C\c2ccc(COc3ccccc3[N+](=O)[O-])o2)NC(=S)N1Cc1ccco1. The molecular weight excluding hydrogens is 410 g/mol. The highest BCUT2D eigenvalue weighted by atomic mass is 32.1. The zero-order valence-electron chi connectivity index (χ0n) is 15.4. The molecule has 152 valence electrons. The fraction of sp³-hybridized carbons (Fsp3) is 0.100. The van der Waals surface area contributed by atoms with Gasteiger partial charge in [-0.3, -0.25) is 19.8 Å². The summed E-state index contributed by atoms with van der Waals surface area (Å²) in [6.07, 6.45) is 3.06. The predicted molar refractivity (Wildman–Crippen MR) is 109 cm³/mol. The maximum Gasteiger partial charge on any atom is 0.310 e. The molecule has 1 N–H and O–H groups in total. The maximum atomic E-state index is 12.6. The van der Waals surface area contributed by atoms with Gasteiger partial charge in [-0.2, -0.15) is 0 Å². The number of ether oxygens (including phenoxy) is 1. The average molecular weight is 425 g/mol. The van der Waals surface area contributed by atoms with Crippen molar-refractivity contribution in [2.75, 3.05) is 0 Å². The standard InChI is InChI=1S/C20H15N3O6S/c24-19-16(21-20(30)22(19)11-14-4-3-9-27-14)10-13-7-8-15(29-13)12-28-18-6-2-1-5-17(18)23(25)26/h1-10H,11-12H2,(H,21,30)/b16-10+. The lowest BCUT2D eigenvalue weighted by atomic mass is 10.3. The van der Waals surface area contributed by atoms with E-state index in [2.05, 4.69) is 5.32 Å². The van der Waals surface area contributed by atoms with Crippen LogP contribution in [0.3, 0.4) is 0 Å². The van der Waals surface area contributed by atoms with Gasteiger partial charge in [0.25, 0.3) is 5.91 Å². The van der Waals surface area contributed by atoms with Crippen molar-refractivity contribution in [1.29, 1.82) is 0 Å². The Morgan fingerprint density at radius 2 is 2.00 bits per heavy atom. The van der Waals surface area contributed by atoms with Crippen LogP contribution in [-0.2, 0) is 17.9 Å². The fourth-order valence-electron chi connectivity index (χ4n) is 2.84. The molecule has 9 nitrogen and oxygen atoms in total. The topological polar surface area (TPSA) is 111 Å². The average Bonchev–Trinajstić information content (AvgIpc) is 3.46. The largest absolute Gasteiger partial charge is 0.479 e. The zero-order chi connectivity index (χ0) is 21.1. The van der Waals surface area contributed by atoms with Crippen molar-refractivity contribution in [3.8, 4) is 5.75 Å². The van der Waals surface area contributed by atoms with Gasteiger partial charge in [-0.1, -0.05) is 12.1 Å². The summed E-state index contributed by atoms with van der Waals surface area (Å²) in [5.41, 5.74) is 0.143. The summed E-state index contributed by atoms with van der Waals surface area (Å²) in [6, 6.07) is 12.9. The number of hydrogen-bond acceptors (Lipinski definition) is 7. The van der Waals surface area contributed by atoms with Crippen molar-refractivity contribution in [3.05, 3.63) is 87.9 Å². The number of furan rings is 2. The van der Waals surface area contributed by atoms with Crippen molar-refractivity contribution in [1.82, 2.24) is 10.2 Å². The molecule has 1 aliphatic rings. The van der Waals surface area contributed by atoms with E-state index in [-0.39, 0.29) is 41.3 Å². The summed E-state index contributed by atoms with van der Waals surface area (Å²) >= 11 is 5.22. The lowest BCUT2D eigenvalue weighted by Crippen LogP contribution is -2.29. The Morgan fingerprint density at radius 1 is 1.17 bits per heavy atom. The van der Waals surface area contributed by atoms with Gasteiger partial charge in [0.1, 0.15) is 29.6 Å². The smallest absolute Gasteiger partial charge is 0.310 e. The third-order valence-electron chi connectivity index (χ3n) is 4.26. The highest BCUT2D eigenvalue weighted by molar-refractivity contribution is 7.80. The number of para-hydroxylation sites is 2. The summed E-state index contributed by atoms with van der Waals surface area (Å²) < 4.78 is 16.4. The van der Waals surface area contributed by atoms with E-state index in [1.165, 1.54) is 29.4 Å². The van der Waals surface area contributed by atoms with Gasteiger partial charge in [0, 0.05) is 12.1 Å². The Labute approximate surface area is 175 Å². The van der Waals surface area contributed by atoms with Gasteiger partial charge in [-0.05, 0) is 42.5 Å². The number of nitro benzene ring substituents is 1. The third kappa shape index (κ3) is 4.08. The van der Waals surface area contributed by atoms with Crippen LogP contribution >= 0.6 is 12.2 Å². The molecule has 1 fully saturated rings. The normalized spacial score (nSPS) is 14.9. The highest BCUT2D eigenvalue weighted by Gasteiger charge is 2.31. The van der Waals surface area contributed by atoms with Crippen LogP contribution in [-0.4, -0.2) is 20.8 Å². The molecule has 0 bridgehead atoms. The Balaban J connectivity index is 1.43. The van der Waals surface area contributed by atoms with Crippen LogP contribution in [0.4, 0.5) is 5.69 Å². The van der Waals surface area contributed by atoms with E-state index >= 15 is 0 Å². The Morgan fingerprint density at radius 3 is 2.77 bits per heavy atom. The van der Waals surface area contributed by atoms with Crippen LogP contribution < -0.4 is 10.1 Å². The molecule has 0 aliphatic carbocycles. The van der Waals surface area contributed by atoms with Crippen LogP contribution in [0.15, 0.2) is 69.3 Å². The molecule has 1 saturated heterocycles. The molecule has 10 heteroatoms. The van der Waals surface area contributed by atoms with Crippen molar-refractivity contribution in [3.63, 3.8) is 0 Å². The number of nitro groups is 1. The second kappa shape index (κ2) is 8.21. The van der Waals surface area contributed by atoms with E-state index < -0.39 is 4.92 Å². The number of thiocarbonyl (C=S) groups is 1. The quantitative estimate of drug-likeness (QED) is 0.264. The number of carbonyl (C=O) groups excluding carboxylic acids is 1. The molecule has 4 rings (SSSR count). The second-order valence-corrected chi connectivity index (χ2v) is 6.66. The minimum Gasteiger partial charge on any atom is -0.479 e. The molecule has 2 aromatic heterocycles. The lowest BCUT2D eigenvalue weighted by Gasteiger charge is -2.11. The Hall–Kier alpha value is -3.92. The van der Waals surface area contributed by atoms with Gasteiger partial charge >= 0.3 is 5.69 Å². The molecule has 0 radical (unpaired) electrons. The van der Waals surface area contributed by atoms with Gasteiger partial charge in [0.2, 0.25) is 0 Å². The fourth-order valence-corrected chi connectivity index (χ4v) is 3.10. The molecule has 0 spiro atoms. The predicted octanol–water partition coefficient (Wildman–Crippen LogP) is 3.62. The first-order chi connectivity index (χ1) is 14.5. The minimum atomic E-state index is -0.512. The van der Waals surface area contributed by atoms with Gasteiger partial charge in [0.15, 0.2) is 10.9 Å². The summed E-state index contributed by atoms with van der Waals surface area (Å²) in [7, 11) is 0. The first-order valence-electron chi connectivity index (χ1n) is 8.83. The first-order valence-corrected chi connectivity index (χ1v) is 9.24. The number of nitrogens with zero attached hydrogens (tertiary/aromatic N) is 2. The van der Waals surface area contributed by atoms with Crippen molar-refractivity contribution in [2.24, 2.45) is 0 Å². The molecule has 1 aliphatic heterocycles. The van der Waals surface area contributed by atoms with E-state index in [0.717, 1.165) is 0 Å². The monoisotopic (exact) mass is 425 g/mol. The first kappa shape index (κ1) is 19.4. The Kier molecular flexibility index (Phi) is 5.31. The summed E-state index contributed by atoms with van der Waals surface area (Å²) in [6.45, 7) is 0.223. The number of benzene rings is 1. The summed E-state index contributed by atoms with van der Waals surface area (Å²) in [5.74, 6) is 1.31. The molecule has 0 atom stereocenters. The molecule has 0 unspecified atom stereocenters. The summed E-state index contributed by atoms with van der Waals surface area (Å²) in [4.78, 5) is 24.5. The molecule has 0 saturated carbocycles. The number of nitrogens with one attached hydrogen (secondary N) is 1. The second-order valence-electron chi connectivity index (χ2n) is 6.28. The van der Waals surface area contributed by atoms with Crippen molar-refractivity contribution < 1.29 is 23.3 Å². The third-order valence-corrected chi connectivity index (χ3v) is 4.58. The molecule has 3 heterocycles. The molecule has 1 amide bonds. The van der Waals surface area contributed by atoms with E-state index in [1.807, 2.05) is 0 Å². The molecular formula is C20H15N3O6S. The van der Waals surface area contributed by atoms with Crippen LogP contribution in [0.5, 0.6) is 5.75 Å². The van der Waals surface area contributed by atoms with Gasteiger partial charge in [-0.25, -0.2) is 0 Å².